The first-order valence-electron chi connectivity index (χ1n) is 11.7. The van der Waals surface area contributed by atoms with Crippen LogP contribution in [0.5, 0.6) is 0 Å². The van der Waals surface area contributed by atoms with Gasteiger partial charge in [-0.3, -0.25) is 4.79 Å². The van der Waals surface area contributed by atoms with Gasteiger partial charge in [0.25, 0.3) is 5.60 Å². The van der Waals surface area contributed by atoms with Gasteiger partial charge in [0.05, 0.1) is 12.0 Å². The van der Waals surface area contributed by atoms with Gasteiger partial charge in [0.1, 0.15) is 0 Å². The van der Waals surface area contributed by atoms with Gasteiger partial charge in [0, 0.05) is 11.8 Å². The fourth-order valence-electron chi connectivity index (χ4n) is 4.58. The predicted molar refractivity (Wildman–Crippen MR) is 104 cm³/mol. The molecule has 1 atom stereocenters. The third-order valence-corrected chi connectivity index (χ3v) is 7.29. The molecule has 0 bridgehead atoms. The molecule has 0 radical (unpaired) electrons. The largest absolute Gasteiger partial charge is 0.439 e. The summed E-state index contributed by atoms with van der Waals surface area (Å²) in [4.78, 5) is 12.6. The Morgan fingerprint density at radius 2 is 1.02 bits per heavy atom. The summed E-state index contributed by atoms with van der Waals surface area (Å²) in [5, 5.41) is 9.47. The summed E-state index contributed by atoms with van der Waals surface area (Å²) < 4.78 is 248. The summed E-state index contributed by atoms with van der Waals surface area (Å²) in [6.45, 7) is -1.04. The van der Waals surface area contributed by atoms with Crippen LogP contribution in [0.25, 0.3) is 0 Å². The van der Waals surface area contributed by atoms with Crippen molar-refractivity contribution < 1.29 is 98.4 Å². The Labute approximate surface area is 229 Å². The van der Waals surface area contributed by atoms with Gasteiger partial charge < -0.3 is 14.6 Å². The molecule has 1 N–H and O–H groups in total. The molecule has 256 valence electrons. The van der Waals surface area contributed by atoms with Gasteiger partial charge in [-0.1, -0.05) is 6.92 Å². The maximum absolute atomic E-state index is 14.1. The molecule has 1 fully saturated rings. The van der Waals surface area contributed by atoms with Gasteiger partial charge in [-0.25, -0.2) is 0 Å². The number of aliphatic hydroxyl groups is 1. The van der Waals surface area contributed by atoms with Crippen molar-refractivity contribution in [3.63, 3.8) is 0 Å². The molecule has 43 heavy (non-hydrogen) atoms. The molecule has 0 aromatic carbocycles. The van der Waals surface area contributed by atoms with Crippen molar-refractivity contribution in [1.29, 1.82) is 0 Å². The summed E-state index contributed by atoms with van der Waals surface area (Å²) in [7, 11) is 0. The minimum atomic E-state index is -6.72. The first-order valence-corrected chi connectivity index (χ1v) is 11.7. The van der Waals surface area contributed by atoms with E-state index in [-0.39, 0.29) is 0 Å². The number of carbonyl (C=O) groups excluding carboxylic acids is 1. The molecule has 1 saturated carbocycles. The molecule has 0 aromatic rings. The van der Waals surface area contributed by atoms with E-state index in [1.54, 1.807) is 0 Å². The van der Waals surface area contributed by atoms with Crippen LogP contribution in [-0.4, -0.2) is 72.0 Å². The average Bonchev–Trinajstić information content (AvgIpc) is 2.76. The molecule has 0 heterocycles. The molecule has 22 heteroatoms. The van der Waals surface area contributed by atoms with E-state index in [0.717, 1.165) is 6.92 Å². The van der Waals surface area contributed by atoms with E-state index in [9.17, 15) is 88.9 Å². The lowest BCUT2D eigenvalue weighted by Gasteiger charge is -2.48. The van der Waals surface area contributed by atoms with Gasteiger partial charge in [0.15, 0.2) is 0 Å². The van der Waals surface area contributed by atoms with Gasteiger partial charge in [-0.15, -0.1) is 0 Å². The minimum Gasteiger partial charge on any atom is -0.439 e. The SMILES string of the molecule is CCC(C)(COC(C(F)(F)F)C(F)(F)F)C(=O)OC(C1CCC(C(O)(C(F)(F)F)C(F)(F)F)CC1)(C(F)(F)F)C(F)(F)F. The number of rotatable bonds is 8. The molecule has 1 rings (SSSR count). The second kappa shape index (κ2) is 11.8. The molecule has 4 nitrogen and oxygen atoms in total. The van der Waals surface area contributed by atoms with Crippen molar-refractivity contribution in [3.8, 4) is 0 Å². The lowest BCUT2D eigenvalue weighted by atomic mass is 9.67. The standard InChI is InChI=1S/C21H22F18O4/c1-3-13(2,8-42-11(16(22,23)24)17(25,26)27)12(40)43-15(20(34,35)36,21(37,38)39)10-6-4-9(5-7-10)14(41,18(28,29)30)19(31,32)33/h9-11,41H,3-8H2,1-2H3. The van der Waals surface area contributed by atoms with Crippen LogP contribution in [0.2, 0.25) is 0 Å². The Hall–Kier alpha value is -1.87. The topological polar surface area (TPSA) is 55.8 Å². The molecule has 0 spiro atoms. The first kappa shape index (κ1) is 39.2. The van der Waals surface area contributed by atoms with E-state index in [1.807, 2.05) is 0 Å². The molecule has 1 unspecified atom stereocenters. The van der Waals surface area contributed by atoms with E-state index in [1.165, 1.54) is 0 Å². The Morgan fingerprint density at radius 1 is 0.674 bits per heavy atom. The Bertz CT molecular complexity index is 908. The normalized spacial score (nSPS) is 22.0. The summed E-state index contributed by atoms with van der Waals surface area (Å²) in [5.74, 6) is -8.84. The number of esters is 1. The van der Waals surface area contributed by atoms with Crippen molar-refractivity contribution >= 4 is 5.97 Å². The van der Waals surface area contributed by atoms with Crippen molar-refractivity contribution in [2.24, 2.45) is 17.3 Å². The fraction of sp³-hybridized carbons (Fsp3) is 0.952. The van der Waals surface area contributed by atoms with Crippen LogP contribution < -0.4 is 0 Å². The van der Waals surface area contributed by atoms with E-state index in [0.29, 0.717) is 6.92 Å². The van der Waals surface area contributed by atoms with Gasteiger partial charge in [-0.05, 0) is 39.0 Å². The van der Waals surface area contributed by atoms with Crippen LogP contribution in [0, 0.1) is 17.3 Å². The van der Waals surface area contributed by atoms with Crippen molar-refractivity contribution in [3.05, 3.63) is 0 Å². The summed E-state index contributed by atoms with van der Waals surface area (Å²) in [5.41, 5.74) is -14.3. The van der Waals surface area contributed by atoms with E-state index in [2.05, 4.69) is 9.47 Å². The number of hydrogen-bond acceptors (Lipinski definition) is 4. The quantitative estimate of drug-likeness (QED) is 0.209. The highest BCUT2D eigenvalue weighted by atomic mass is 19.4. The molecule has 0 saturated heterocycles. The number of alkyl halides is 18. The smallest absolute Gasteiger partial charge is 0.437 e. The summed E-state index contributed by atoms with van der Waals surface area (Å²) >= 11 is 0. The molecule has 1 aliphatic rings. The molecular formula is C21H22F18O4. The number of halogens is 18. The number of carbonyl (C=O) groups is 1. The van der Waals surface area contributed by atoms with Crippen molar-refractivity contribution in [2.75, 3.05) is 6.61 Å². The van der Waals surface area contributed by atoms with Crippen LogP contribution in [0.1, 0.15) is 46.0 Å². The molecule has 0 amide bonds. The monoisotopic (exact) mass is 680 g/mol. The van der Waals surface area contributed by atoms with Crippen LogP contribution in [0.15, 0.2) is 0 Å². The second-order valence-electron chi connectivity index (χ2n) is 10.1. The number of ether oxygens (including phenoxy) is 2. The highest BCUT2D eigenvalue weighted by molar-refractivity contribution is 5.77. The zero-order valence-electron chi connectivity index (χ0n) is 21.5. The molecular weight excluding hydrogens is 658 g/mol. The predicted octanol–water partition coefficient (Wildman–Crippen LogP) is 7.98. The second-order valence-corrected chi connectivity index (χ2v) is 10.1. The molecule has 1 aliphatic carbocycles. The van der Waals surface area contributed by atoms with Crippen molar-refractivity contribution in [2.45, 2.75) is 100 Å². The third-order valence-electron chi connectivity index (χ3n) is 7.29. The average molecular weight is 680 g/mol. The van der Waals surface area contributed by atoms with Crippen LogP contribution in [0.4, 0.5) is 79.0 Å². The maximum Gasteiger partial charge on any atom is 0.437 e. The molecule has 0 aromatic heterocycles. The lowest BCUT2D eigenvalue weighted by Crippen LogP contribution is -2.67. The summed E-state index contributed by atoms with van der Waals surface area (Å²) in [6.07, 6.45) is -51.7. The van der Waals surface area contributed by atoms with E-state index < -0.39 is 116 Å². The van der Waals surface area contributed by atoms with Gasteiger partial charge in [-0.2, -0.15) is 79.0 Å². The Morgan fingerprint density at radius 3 is 1.30 bits per heavy atom. The summed E-state index contributed by atoms with van der Waals surface area (Å²) in [6, 6.07) is 0. The first-order chi connectivity index (χ1) is 18.7. The van der Waals surface area contributed by atoms with Gasteiger partial charge in [0.2, 0.25) is 6.10 Å². The van der Waals surface area contributed by atoms with Crippen LogP contribution >= 0.6 is 0 Å². The third kappa shape index (κ3) is 7.51. The Kier molecular flexibility index (Phi) is 10.8. The highest BCUT2D eigenvalue weighted by Crippen LogP contribution is 2.58. The molecule has 0 aliphatic heterocycles. The zero-order valence-corrected chi connectivity index (χ0v) is 21.5. The maximum atomic E-state index is 14.1. The van der Waals surface area contributed by atoms with Gasteiger partial charge >= 0.3 is 48.6 Å². The fourth-order valence-corrected chi connectivity index (χ4v) is 4.58. The minimum absolute atomic E-state index is 0.306. The Balaban J connectivity index is 3.53. The van der Waals surface area contributed by atoms with Crippen LogP contribution in [0.3, 0.4) is 0 Å². The lowest BCUT2D eigenvalue weighted by molar-refractivity contribution is -0.400. The number of hydrogen-bond donors (Lipinski definition) is 1. The van der Waals surface area contributed by atoms with Crippen molar-refractivity contribution in [1.82, 2.24) is 0 Å². The zero-order chi connectivity index (χ0) is 34.5. The highest BCUT2D eigenvalue weighted by Gasteiger charge is 2.79. The van der Waals surface area contributed by atoms with E-state index >= 15 is 0 Å². The van der Waals surface area contributed by atoms with Crippen LogP contribution in [-0.2, 0) is 14.3 Å². The van der Waals surface area contributed by atoms with E-state index in [4.69, 9.17) is 0 Å².